The van der Waals surface area contributed by atoms with E-state index in [4.69, 9.17) is 10.00 Å². The number of carbonyl (C=O) groups is 1. The molecule has 0 N–H and O–H groups in total. The first-order chi connectivity index (χ1) is 8.06. The molecule has 7 heteroatoms. The Bertz CT molecular complexity index is 522. The highest BCUT2D eigenvalue weighted by molar-refractivity contribution is 9.09. The second-order valence-electron chi connectivity index (χ2n) is 2.96. The van der Waals surface area contributed by atoms with Gasteiger partial charge in [-0.25, -0.2) is 0 Å². The maximum Gasteiger partial charge on any atom is 0.301 e. The average molecular weight is 299 g/mol. The van der Waals surface area contributed by atoms with Crippen LogP contribution >= 0.6 is 15.9 Å². The van der Waals surface area contributed by atoms with Gasteiger partial charge in [-0.3, -0.25) is 14.9 Å². The molecule has 88 valence electrons. The number of ketones is 1. The van der Waals surface area contributed by atoms with Crippen molar-refractivity contribution in [3.05, 3.63) is 33.4 Å². The summed E-state index contributed by atoms with van der Waals surface area (Å²) in [6.45, 7) is 0. The van der Waals surface area contributed by atoms with Crippen LogP contribution in [0.5, 0.6) is 5.75 Å². The summed E-state index contributed by atoms with van der Waals surface area (Å²) in [7, 11) is 1.30. The van der Waals surface area contributed by atoms with Gasteiger partial charge in [0, 0.05) is 0 Å². The van der Waals surface area contributed by atoms with Crippen molar-refractivity contribution in [3.8, 4) is 11.8 Å². The Hall–Kier alpha value is -1.94. The molecule has 1 aromatic carbocycles. The number of alkyl halides is 1. The van der Waals surface area contributed by atoms with Crippen molar-refractivity contribution in [1.29, 1.82) is 5.26 Å². The molecule has 0 atom stereocenters. The Labute approximate surface area is 105 Å². The smallest absolute Gasteiger partial charge is 0.301 e. The number of hydrogen-bond donors (Lipinski definition) is 0. The van der Waals surface area contributed by atoms with Crippen molar-refractivity contribution in [2.75, 3.05) is 12.4 Å². The molecule has 0 aliphatic heterocycles. The SMILES string of the molecule is COc1ccc(C(=O)CBr)c([N+](=O)[O-])c1C#N. The zero-order valence-corrected chi connectivity index (χ0v) is 10.4. The molecule has 0 aliphatic rings. The third-order valence-electron chi connectivity index (χ3n) is 2.08. The minimum absolute atomic E-state index is 0.0506. The van der Waals surface area contributed by atoms with Crippen molar-refractivity contribution >= 4 is 27.4 Å². The van der Waals surface area contributed by atoms with Crippen LogP contribution in [-0.4, -0.2) is 23.1 Å². The van der Waals surface area contributed by atoms with E-state index in [1.165, 1.54) is 19.2 Å². The molecule has 0 aromatic heterocycles. The summed E-state index contributed by atoms with van der Waals surface area (Å²) < 4.78 is 4.85. The zero-order valence-electron chi connectivity index (χ0n) is 8.77. The third kappa shape index (κ3) is 2.42. The highest BCUT2D eigenvalue weighted by Gasteiger charge is 2.27. The second-order valence-corrected chi connectivity index (χ2v) is 3.53. The van der Waals surface area contributed by atoms with Gasteiger partial charge in [-0.1, -0.05) is 15.9 Å². The fourth-order valence-electron chi connectivity index (χ4n) is 1.34. The number of methoxy groups -OCH3 is 1. The lowest BCUT2D eigenvalue weighted by atomic mass is 10.0. The lowest BCUT2D eigenvalue weighted by Gasteiger charge is -2.06. The highest BCUT2D eigenvalue weighted by Crippen LogP contribution is 2.31. The van der Waals surface area contributed by atoms with Crippen LogP contribution < -0.4 is 4.74 Å². The Balaban J connectivity index is 3.60. The molecule has 0 saturated carbocycles. The van der Waals surface area contributed by atoms with Gasteiger partial charge in [0.25, 0.3) is 0 Å². The molecule has 0 saturated heterocycles. The Kier molecular flexibility index (Phi) is 4.17. The van der Waals surface area contributed by atoms with Gasteiger partial charge in [0.05, 0.1) is 22.9 Å². The Morgan fingerprint density at radius 1 is 1.65 bits per heavy atom. The summed E-state index contributed by atoms with van der Waals surface area (Å²) in [5.41, 5.74) is -0.871. The number of nitriles is 1. The van der Waals surface area contributed by atoms with Crippen LogP contribution in [0.15, 0.2) is 12.1 Å². The van der Waals surface area contributed by atoms with E-state index in [1.54, 1.807) is 6.07 Å². The number of rotatable bonds is 4. The van der Waals surface area contributed by atoms with E-state index in [1.807, 2.05) is 0 Å². The van der Waals surface area contributed by atoms with Crippen molar-refractivity contribution < 1.29 is 14.5 Å². The van der Waals surface area contributed by atoms with E-state index in [0.717, 1.165) is 0 Å². The number of ether oxygens (including phenoxy) is 1. The van der Waals surface area contributed by atoms with E-state index in [2.05, 4.69) is 15.9 Å². The third-order valence-corrected chi connectivity index (χ3v) is 2.59. The number of nitrogens with zero attached hydrogens (tertiary/aromatic N) is 2. The summed E-state index contributed by atoms with van der Waals surface area (Å²) in [6.07, 6.45) is 0. The molecule has 0 unspecified atom stereocenters. The predicted molar refractivity (Wildman–Crippen MR) is 62.5 cm³/mol. The van der Waals surface area contributed by atoms with Gasteiger partial charge < -0.3 is 4.74 Å². The van der Waals surface area contributed by atoms with Gasteiger partial charge in [0.1, 0.15) is 11.8 Å². The standard InChI is InChI=1S/C10H7BrN2O4/c1-17-9-3-2-6(8(14)4-11)10(13(15)16)7(9)5-12/h2-3H,4H2,1H3. The minimum Gasteiger partial charge on any atom is -0.495 e. The number of halogens is 1. The molecule has 0 heterocycles. The Morgan fingerprint density at radius 3 is 2.71 bits per heavy atom. The first kappa shape index (κ1) is 13.1. The van der Waals surface area contributed by atoms with Gasteiger partial charge in [-0.2, -0.15) is 5.26 Å². The van der Waals surface area contributed by atoms with Crippen molar-refractivity contribution in [1.82, 2.24) is 0 Å². The molecular weight excluding hydrogens is 292 g/mol. The first-order valence-corrected chi connectivity index (χ1v) is 5.53. The zero-order chi connectivity index (χ0) is 13.0. The van der Waals surface area contributed by atoms with Gasteiger partial charge >= 0.3 is 5.69 Å². The van der Waals surface area contributed by atoms with Gasteiger partial charge in [0.2, 0.25) is 0 Å². The van der Waals surface area contributed by atoms with Gasteiger partial charge in [-0.05, 0) is 12.1 Å². The van der Waals surface area contributed by atoms with Crippen LogP contribution in [0.3, 0.4) is 0 Å². The first-order valence-electron chi connectivity index (χ1n) is 4.41. The number of Topliss-reactive ketones (excluding diaryl/α,β-unsaturated/α-hetero) is 1. The fourth-order valence-corrected chi connectivity index (χ4v) is 1.64. The van der Waals surface area contributed by atoms with Crippen LogP contribution in [0, 0.1) is 21.4 Å². The number of hydrogen-bond acceptors (Lipinski definition) is 5. The maximum absolute atomic E-state index is 11.5. The van der Waals surface area contributed by atoms with E-state index >= 15 is 0 Å². The summed E-state index contributed by atoms with van der Waals surface area (Å²) in [5.74, 6) is -0.388. The lowest BCUT2D eigenvalue weighted by Crippen LogP contribution is -2.07. The minimum atomic E-state index is -0.753. The highest BCUT2D eigenvalue weighted by atomic mass is 79.9. The quantitative estimate of drug-likeness (QED) is 0.367. The van der Waals surface area contributed by atoms with Crippen molar-refractivity contribution in [2.24, 2.45) is 0 Å². The molecule has 0 spiro atoms. The fraction of sp³-hybridized carbons (Fsp3) is 0.200. The summed E-state index contributed by atoms with van der Waals surface area (Å²) in [6, 6.07) is 4.32. The van der Waals surface area contributed by atoms with E-state index in [0.29, 0.717) is 0 Å². The Morgan fingerprint density at radius 2 is 2.29 bits per heavy atom. The normalized spacial score (nSPS) is 9.47. The largest absolute Gasteiger partial charge is 0.495 e. The molecule has 0 fully saturated rings. The van der Waals surface area contributed by atoms with Gasteiger partial charge in [0.15, 0.2) is 11.3 Å². The average Bonchev–Trinajstić information content (AvgIpc) is 2.35. The van der Waals surface area contributed by atoms with Crippen LogP contribution in [-0.2, 0) is 0 Å². The molecule has 1 rings (SSSR count). The molecule has 0 radical (unpaired) electrons. The topological polar surface area (TPSA) is 93.2 Å². The van der Waals surface area contributed by atoms with E-state index < -0.39 is 16.4 Å². The van der Waals surface area contributed by atoms with Crippen LogP contribution in [0.4, 0.5) is 5.69 Å². The van der Waals surface area contributed by atoms with Crippen molar-refractivity contribution in [2.45, 2.75) is 0 Å². The van der Waals surface area contributed by atoms with Crippen molar-refractivity contribution in [3.63, 3.8) is 0 Å². The molecule has 6 nitrogen and oxygen atoms in total. The van der Waals surface area contributed by atoms with Crippen LogP contribution in [0.1, 0.15) is 15.9 Å². The molecule has 1 aromatic rings. The van der Waals surface area contributed by atoms with Crippen LogP contribution in [0.2, 0.25) is 0 Å². The van der Waals surface area contributed by atoms with Crippen LogP contribution in [0.25, 0.3) is 0 Å². The molecule has 0 bridgehead atoms. The number of carbonyl (C=O) groups excluding carboxylic acids is 1. The van der Waals surface area contributed by atoms with E-state index in [9.17, 15) is 14.9 Å². The monoisotopic (exact) mass is 298 g/mol. The number of nitro benzene ring substituents is 1. The molecule has 0 aliphatic carbocycles. The summed E-state index contributed by atoms with van der Waals surface area (Å²) in [5, 5.41) is 19.8. The maximum atomic E-state index is 11.5. The second kappa shape index (κ2) is 5.41. The lowest BCUT2D eigenvalue weighted by molar-refractivity contribution is -0.385. The number of nitro groups is 1. The number of benzene rings is 1. The molecule has 0 amide bonds. The molecule has 17 heavy (non-hydrogen) atoms. The molecular formula is C10H7BrN2O4. The summed E-state index contributed by atoms with van der Waals surface area (Å²) >= 11 is 2.93. The predicted octanol–water partition coefficient (Wildman–Crippen LogP) is 2.05. The summed E-state index contributed by atoms with van der Waals surface area (Å²) in [4.78, 5) is 21.7. The van der Waals surface area contributed by atoms with Gasteiger partial charge in [-0.15, -0.1) is 0 Å². The van der Waals surface area contributed by atoms with E-state index in [-0.39, 0.29) is 22.2 Å².